The zero-order valence-corrected chi connectivity index (χ0v) is 13.7. The van der Waals surface area contributed by atoms with Crippen molar-refractivity contribution < 1.29 is 0 Å². The summed E-state index contributed by atoms with van der Waals surface area (Å²) in [4.78, 5) is 0. The van der Waals surface area contributed by atoms with Crippen LogP contribution in [0.2, 0.25) is 0 Å². The van der Waals surface area contributed by atoms with Gasteiger partial charge in [-0.25, -0.2) is 0 Å². The van der Waals surface area contributed by atoms with E-state index < -0.39 is 0 Å². The van der Waals surface area contributed by atoms with Crippen LogP contribution in [0.25, 0.3) is 0 Å². The highest BCUT2D eigenvalue weighted by Gasteiger charge is 2.46. The van der Waals surface area contributed by atoms with Crippen LogP contribution >= 0.6 is 0 Å². The molecule has 0 saturated heterocycles. The highest BCUT2D eigenvalue weighted by Crippen LogP contribution is 2.56. The predicted molar refractivity (Wildman–Crippen MR) is 87.1 cm³/mol. The lowest BCUT2D eigenvalue weighted by Crippen LogP contribution is -2.42. The Balaban J connectivity index is 1.96. The Labute approximate surface area is 125 Å². The van der Waals surface area contributed by atoms with Crippen molar-refractivity contribution in [2.75, 3.05) is 0 Å². The molecule has 20 heavy (non-hydrogen) atoms. The molecule has 1 aromatic rings. The molecule has 1 saturated carbocycles. The fraction of sp³-hybridized carbons (Fsp3) is 0.700. The quantitative estimate of drug-likeness (QED) is 0.629. The van der Waals surface area contributed by atoms with Crippen LogP contribution in [-0.4, -0.2) is 0 Å². The minimum absolute atomic E-state index is 0.595. The SMILES string of the molecule is CC[C@H]1[C@@H]2CCc3cc(C)ccc3[C@H]2CC[C@]1(C)CC. The van der Waals surface area contributed by atoms with Gasteiger partial charge in [0.25, 0.3) is 0 Å². The third kappa shape index (κ3) is 2.12. The Morgan fingerprint density at radius 1 is 1.20 bits per heavy atom. The van der Waals surface area contributed by atoms with Gasteiger partial charge in [-0.1, -0.05) is 57.4 Å². The number of benzene rings is 1. The van der Waals surface area contributed by atoms with Gasteiger partial charge in [-0.2, -0.15) is 0 Å². The van der Waals surface area contributed by atoms with Gasteiger partial charge in [0.1, 0.15) is 0 Å². The Bertz CT molecular complexity index is 487. The summed E-state index contributed by atoms with van der Waals surface area (Å²) in [6.45, 7) is 9.62. The maximum atomic E-state index is 2.56. The van der Waals surface area contributed by atoms with E-state index in [1.807, 2.05) is 0 Å². The Morgan fingerprint density at radius 2 is 2.00 bits per heavy atom. The molecule has 0 aromatic heterocycles. The van der Waals surface area contributed by atoms with Gasteiger partial charge in [-0.05, 0) is 66.9 Å². The van der Waals surface area contributed by atoms with Crippen molar-refractivity contribution in [2.45, 2.75) is 72.1 Å². The molecule has 3 rings (SSSR count). The van der Waals surface area contributed by atoms with Gasteiger partial charge in [0.05, 0.1) is 0 Å². The molecule has 0 bridgehead atoms. The number of hydrogen-bond donors (Lipinski definition) is 0. The third-order valence-corrected chi connectivity index (χ3v) is 6.65. The molecule has 2 aliphatic rings. The summed E-state index contributed by atoms with van der Waals surface area (Å²) < 4.78 is 0. The molecule has 2 aliphatic carbocycles. The van der Waals surface area contributed by atoms with Gasteiger partial charge in [-0.15, -0.1) is 0 Å². The largest absolute Gasteiger partial charge is 0.0651 e. The molecule has 0 aliphatic heterocycles. The molecule has 4 atom stereocenters. The maximum Gasteiger partial charge on any atom is -0.0128 e. The van der Waals surface area contributed by atoms with Crippen molar-refractivity contribution in [1.29, 1.82) is 0 Å². The van der Waals surface area contributed by atoms with Crippen LogP contribution in [-0.2, 0) is 6.42 Å². The molecular weight excluding hydrogens is 240 g/mol. The van der Waals surface area contributed by atoms with Crippen LogP contribution in [0.5, 0.6) is 0 Å². The van der Waals surface area contributed by atoms with E-state index in [-0.39, 0.29) is 0 Å². The van der Waals surface area contributed by atoms with Crippen LogP contribution in [0, 0.1) is 24.2 Å². The van der Waals surface area contributed by atoms with E-state index in [9.17, 15) is 0 Å². The minimum Gasteiger partial charge on any atom is -0.0651 e. The van der Waals surface area contributed by atoms with Crippen LogP contribution in [0.4, 0.5) is 0 Å². The van der Waals surface area contributed by atoms with Gasteiger partial charge in [0, 0.05) is 0 Å². The second kappa shape index (κ2) is 5.20. The summed E-state index contributed by atoms with van der Waals surface area (Å²) >= 11 is 0. The molecule has 1 fully saturated rings. The van der Waals surface area contributed by atoms with Gasteiger partial charge in [0.15, 0.2) is 0 Å². The van der Waals surface area contributed by atoms with Crippen molar-refractivity contribution in [3.63, 3.8) is 0 Å². The van der Waals surface area contributed by atoms with Gasteiger partial charge >= 0.3 is 0 Å². The zero-order chi connectivity index (χ0) is 14.3. The summed E-state index contributed by atoms with van der Waals surface area (Å²) in [5.41, 5.74) is 5.38. The monoisotopic (exact) mass is 270 g/mol. The predicted octanol–water partition coefficient (Wildman–Crippen LogP) is 5.88. The number of fused-ring (bicyclic) bond motifs is 3. The maximum absolute atomic E-state index is 2.56. The Hall–Kier alpha value is -0.780. The second-order valence-electron chi connectivity index (χ2n) is 7.57. The van der Waals surface area contributed by atoms with E-state index in [0.29, 0.717) is 5.41 Å². The summed E-state index contributed by atoms with van der Waals surface area (Å²) in [7, 11) is 0. The second-order valence-corrected chi connectivity index (χ2v) is 7.57. The van der Waals surface area contributed by atoms with Crippen LogP contribution < -0.4 is 0 Å². The number of rotatable bonds is 2. The summed E-state index contributed by atoms with van der Waals surface area (Å²) in [5, 5.41) is 0. The molecule has 0 nitrogen and oxygen atoms in total. The molecule has 0 radical (unpaired) electrons. The molecule has 0 heterocycles. The molecular formula is C20H30. The first-order valence-electron chi connectivity index (χ1n) is 8.68. The van der Waals surface area contributed by atoms with Crippen molar-refractivity contribution in [3.05, 3.63) is 34.9 Å². The third-order valence-electron chi connectivity index (χ3n) is 6.65. The van der Waals surface area contributed by atoms with E-state index in [1.165, 1.54) is 44.1 Å². The highest BCUT2D eigenvalue weighted by atomic mass is 14.5. The normalized spacial score (nSPS) is 36.3. The number of hydrogen-bond acceptors (Lipinski definition) is 0. The molecule has 110 valence electrons. The van der Waals surface area contributed by atoms with Crippen molar-refractivity contribution in [2.24, 2.45) is 17.3 Å². The average Bonchev–Trinajstić information content (AvgIpc) is 2.46. The minimum atomic E-state index is 0.595. The van der Waals surface area contributed by atoms with Crippen molar-refractivity contribution in [1.82, 2.24) is 0 Å². The van der Waals surface area contributed by atoms with Crippen LogP contribution in [0.3, 0.4) is 0 Å². The van der Waals surface area contributed by atoms with E-state index >= 15 is 0 Å². The molecule has 0 heteroatoms. The topological polar surface area (TPSA) is 0 Å². The van der Waals surface area contributed by atoms with Crippen LogP contribution in [0.1, 0.15) is 75.5 Å². The Morgan fingerprint density at radius 3 is 2.70 bits per heavy atom. The smallest absolute Gasteiger partial charge is 0.0128 e. The van der Waals surface area contributed by atoms with Gasteiger partial charge in [0.2, 0.25) is 0 Å². The highest BCUT2D eigenvalue weighted by molar-refractivity contribution is 5.37. The molecule has 1 aromatic carbocycles. The van der Waals surface area contributed by atoms with E-state index in [4.69, 9.17) is 0 Å². The zero-order valence-electron chi connectivity index (χ0n) is 13.7. The fourth-order valence-corrected chi connectivity index (χ4v) is 5.34. The van der Waals surface area contributed by atoms with E-state index in [0.717, 1.165) is 17.8 Å². The van der Waals surface area contributed by atoms with Gasteiger partial charge in [-0.3, -0.25) is 0 Å². The molecule has 0 unspecified atom stereocenters. The Kier molecular flexibility index (Phi) is 3.69. The first-order chi connectivity index (χ1) is 9.59. The molecule has 0 spiro atoms. The standard InChI is InChI=1S/C20H30/c1-5-19-18-10-8-15-13-14(3)7-9-16(15)17(18)11-12-20(19,4)6-2/h7,9,13,17-19H,5-6,8,10-12H2,1-4H3/t17-,18-,19+,20+/m1/s1. The van der Waals surface area contributed by atoms with Crippen molar-refractivity contribution >= 4 is 0 Å². The first kappa shape index (κ1) is 14.2. The van der Waals surface area contributed by atoms with Crippen LogP contribution in [0.15, 0.2) is 18.2 Å². The van der Waals surface area contributed by atoms with Crippen molar-refractivity contribution in [3.8, 4) is 0 Å². The van der Waals surface area contributed by atoms with Gasteiger partial charge < -0.3 is 0 Å². The summed E-state index contributed by atoms with van der Waals surface area (Å²) in [5.74, 6) is 2.72. The lowest BCUT2D eigenvalue weighted by atomic mass is 9.53. The van der Waals surface area contributed by atoms with E-state index in [1.54, 1.807) is 11.1 Å². The first-order valence-corrected chi connectivity index (χ1v) is 8.68. The summed E-state index contributed by atoms with van der Waals surface area (Å²) in [6, 6.07) is 7.22. The average molecular weight is 270 g/mol. The molecule has 0 N–H and O–H groups in total. The number of aryl methyl sites for hydroxylation is 2. The van der Waals surface area contributed by atoms with E-state index in [2.05, 4.69) is 45.9 Å². The fourth-order valence-electron chi connectivity index (χ4n) is 5.34. The summed E-state index contributed by atoms with van der Waals surface area (Å²) in [6.07, 6.45) is 8.31. The lowest BCUT2D eigenvalue weighted by molar-refractivity contribution is 0.0256. The lowest BCUT2D eigenvalue weighted by Gasteiger charge is -2.52. The molecule has 0 amide bonds.